The second-order valence-electron chi connectivity index (χ2n) is 6.56. The number of thioether (sulfide) groups is 1. The standard InChI is InChI=1S/C22H23NO3S2/c1-14(2)15-5-7-16(8-6-15)21-23-17(13-28-21)12-26-22(24)19-10-9-18(27-4)11-20(19)25-3/h5-11,13-14H,12H2,1-4H3. The van der Waals surface area contributed by atoms with E-state index >= 15 is 0 Å². The topological polar surface area (TPSA) is 48.4 Å². The van der Waals surface area contributed by atoms with E-state index in [1.165, 1.54) is 5.56 Å². The molecule has 1 aromatic heterocycles. The van der Waals surface area contributed by atoms with Gasteiger partial charge in [0.2, 0.25) is 0 Å². The van der Waals surface area contributed by atoms with Crippen LogP contribution in [0, 0.1) is 0 Å². The zero-order valence-corrected chi connectivity index (χ0v) is 18.0. The van der Waals surface area contributed by atoms with Gasteiger partial charge in [-0.25, -0.2) is 9.78 Å². The van der Waals surface area contributed by atoms with Crippen LogP contribution in [0.4, 0.5) is 0 Å². The maximum Gasteiger partial charge on any atom is 0.342 e. The first-order valence-corrected chi connectivity index (χ1v) is 11.1. The van der Waals surface area contributed by atoms with Crippen LogP contribution in [0.15, 0.2) is 52.7 Å². The van der Waals surface area contributed by atoms with Crippen LogP contribution in [0.5, 0.6) is 5.75 Å². The van der Waals surface area contributed by atoms with Gasteiger partial charge in [-0.1, -0.05) is 38.1 Å². The number of methoxy groups -OCH3 is 1. The molecule has 6 heteroatoms. The molecule has 0 aliphatic heterocycles. The lowest BCUT2D eigenvalue weighted by Gasteiger charge is -2.09. The van der Waals surface area contributed by atoms with Crippen LogP contribution in [0.1, 0.15) is 41.4 Å². The van der Waals surface area contributed by atoms with Crippen LogP contribution in [0.25, 0.3) is 10.6 Å². The molecule has 0 radical (unpaired) electrons. The maximum atomic E-state index is 12.4. The third kappa shape index (κ3) is 4.75. The van der Waals surface area contributed by atoms with Gasteiger partial charge in [0.1, 0.15) is 22.9 Å². The van der Waals surface area contributed by atoms with Gasteiger partial charge in [-0.3, -0.25) is 0 Å². The molecule has 0 aliphatic rings. The number of hydrogen-bond acceptors (Lipinski definition) is 6. The molecule has 2 aromatic carbocycles. The summed E-state index contributed by atoms with van der Waals surface area (Å²) in [5.74, 6) is 0.601. The fraction of sp³-hybridized carbons (Fsp3) is 0.273. The van der Waals surface area contributed by atoms with E-state index in [1.54, 1.807) is 36.3 Å². The van der Waals surface area contributed by atoms with Crippen molar-refractivity contribution in [3.05, 3.63) is 64.7 Å². The molecule has 0 aliphatic carbocycles. The second-order valence-corrected chi connectivity index (χ2v) is 8.30. The van der Waals surface area contributed by atoms with E-state index in [0.717, 1.165) is 21.2 Å². The van der Waals surface area contributed by atoms with Crippen LogP contribution in [0.3, 0.4) is 0 Å². The third-order valence-corrected chi connectivity index (χ3v) is 6.02. The summed E-state index contributed by atoms with van der Waals surface area (Å²) in [7, 11) is 1.55. The lowest BCUT2D eigenvalue weighted by molar-refractivity contribution is 0.0464. The van der Waals surface area contributed by atoms with Gasteiger partial charge < -0.3 is 9.47 Å². The molecule has 0 saturated carbocycles. The number of aromatic nitrogens is 1. The van der Waals surface area contributed by atoms with Gasteiger partial charge in [0.25, 0.3) is 0 Å². The Labute approximate surface area is 173 Å². The number of esters is 1. The smallest absolute Gasteiger partial charge is 0.342 e. The lowest BCUT2D eigenvalue weighted by Crippen LogP contribution is -2.07. The normalized spacial score (nSPS) is 10.9. The number of carbonyl (C=O) groups excluding carboxylic acids is 1. The first-order valence-electron chi connectivity index (χ1n) is 8.95. The highest BCUT2D eigenvalue weighted by Crippen LogP contribution is 2.28. The highest BCUT2D eigenvalue weighted by Gasteiger charge is 2.15. The van der Waals surface area contributed by atoms with Crippen LogP contribution >= 0.6 is 23.1 Å². The van der Waals surface area contributed by atoms with E-state index in [9.17, 15) is 4.79 Å². The Morgan fingerprint density at radius 2 is 1.93 bits per heavy atom. The Morgan fingerprint density at radius 3 is 2.57 bits per heavy atom. The molecule has 0 amide bonds. The minimum Gasteiger partial charge on any atom is -0.496 e. The van der Waals surface area contributed by atoms with Crippen molar-refractivity contribution >= 4 is 29.1 Å². The summed E-state index contributed by atoms with van der Waals surface area (Å²) in [6.07, 6.45) is 1.98. The Bertz CT molecular complexity index is 949. The maximum absolute atomic E-state index is 12.4. The van der Waals surface area contributed by atoms with Gasteiger partial charge in [0.15, 0.2) is 0 Å². The molecule has 0 bridgehead atoms. The van der Waals surface area contributed by atoms with Crippen molar-refractivity contribution < 1.29 is 14.3 Å². The van der Waals surface area contributed by atoms with Crippen molar-refractivity contribution in [1.29, 1.82) is 0 Å². The number of thiazole rings is 1. The summed E-state index contributed by atoms with van der Waals surface area (Å²) < 4.78 is 10.8. The van der Waals surface area contributed by atoms with Crippen molar-refractivity contribution in [2.75, 3.05) is 13.4 Å². The SMILES string of the molecule is COc1cc(SC)ccc1C(=O)OCc1csc(-c2ccc(C(C)C)cc2)n1. The predicted molar refractivity (Wildman–Crippen MR) is 116 cm³/mol. The van der Waals surface area contributed by atoms with Gasteiger partial charge in [-0.2, -0.15) is 0 Å². The van der Waals surface area contributed by atoms with Gasteiger partial charge in [-0.05, 0) is 35.9 Å². The molecule has 0 atom stereocenters. The molecular formula is C22H23NO3S2. The van der Waals surface area contributed by atoms with Crippen molar-refractivity contribution in [2.24, 2.45) is 0 Å². The molecule has 0 N–H and O–H groups in total. The zero-order chi connectivity index (χ0) is 20.1. The van der Waals surface area contributed by atoms with E-state index in [1.807, 2.05) is 23.8 Å². The molecule has 0 unspecified atom stereocenters. The number of carbonyl (C=O) groups is 1. The van der Waals surface area contributed by atoms with Crippen LogP contribution in [-0.2, 0) is 11.3 Å². The average molecular weight is 414 g/mol. The third-order valence-electron chi connectivity index (χ3n) is 4.36. The van der Waals surface area contributed by atoms with Gasteiger partial charge in [-0.15, -0.1) is 23.1 Å². The summed E-state index contributed by atoms with van der Waals surface area (Å²) in [4.78, 5) is 18.1. The monoisotopic (exact) mass is 413 g/mol. The largest absolute Gasteiger partial charge is 0.496 e. The van der Waals surface area contributed by atoms with E-state index in [2.05, 4.69) is 43.1 Å². The summed E-state index contributed by atoms with van der Waals surface area (Å²) in [6.45, 7) is 4.48. The molecule has 146 valence electrons. The summed E-state index contributed by atoms with van der Waals surface area (Å²) in [5, 5.41) is 2.84. The average Bonchev–Trinajstić information content (AvgIpc) is 3.20. The molecule has 4 nitrogen and oxygen atoms in total. The number of hydrogen-bond donors (Lipinski definition) is 0. The fourth-order valence-electron chi connectivity index (χ4n) is 2.70. The fourth-order valence-corrected chi connectivity index (χ4v) is 3.94. The summed E-state index contributed by atoms with van der Waals surface area (Å²) in [6, 6.07) is 13.9. The van der Waals surface area contributed by atoms with Crippen molar-refractivity contribution in [3.63, 3.8) is 0 Å². The molecule has 0 saturated heterocycles. The van der Waals surface area contributed by atoms with Gasteiger partial charge in [0.05, 0.1) is 12.8 Å². The zero-order valence-electron chi connectivity index (χ0n) is 16.4. The Morgan fingerprint density at radius 1 is 1.18 bits per heavy atom. The highest BCUT2D eigenvalue weighted by atomic mass is 32.2. The van der Waals surface area contributed by atoms with E-state index in [-0.39, 0.29) is 6.61 Å². The highest BCUT2D eigenvalue weighted by molar-refractivity contribution is 7.98. The number of nitrogens with zero attached hydrogens (tertiary/aromatic N) is 1. The number of rotatable bonds is 7. The molecule has 0 fully saturated rings. The molecule has 0 spiro atoms. The summed E-state index contributed by atoms with van der Waals surface area (Å²) in [5.41, 5.74) is 3.53. The van der Waals surface area contributed by atoms with Crippen molar-refractivity contribution in [2.45, 2.75) is 31.3 Å². The van der Waals surface area contributed by atoms with Crippen LogP contribution < -0.4 is 4.74 Å². The second kappa shape index (κ2) is 9.26. The molecule has 3 rings (SSSR count). The molecule has 1 heterocycles. The molecule has 3 aromatic rings. The minimum atomic E-state index is -0.416. The number of ether oxygens (including phenoxy) is 2. The molecule has 28 heavy (non-hydrogen) atoms. The van der Waals surface area contributed by atoms with Crippen molar-refractivity contribution in [3.8, 4) is 16.3 Å². The van der Waals surface area contributed by atoms with Gasteiger partial charge >= 0.3 is 5.97 Å². The first kappa shape index (κ1) is 20.4. The van der Waals surface area contributed by atoms with Crippen LogP contribution in [-0.4, -0.2) is 24.3 Å². The van der Waals surface area contributed by atoms with E-state index in [0.29, 0.717) is 17.2 Å². The lowest BCUT2D eigenvalue weighted by atomic mass is 10.0. The minimum absolute atomic E-state index is 0.132. The quantitative estimate of drug-likeness (QED) is 0.350. The Kier molecular flexibility index (Phi) is 6.75. The Balaban J connectivity index is 1.66. The summed E-state index contributed by atoms with van der Waals surface area (Å²) >= 11 is 3.14. The van der Waals surface area contributed by atoms with Crippen molar-refractivity contribution in [1.82, 2.24) is 4.98 Å². The van der Waals surface area contributed by atoms with Gasteiger partial charge in [0, 0.05) is 15.8 Å². The number of benzene rings is 2. The first-order chi connectivity index (χ1) is 13.5. The predicted octanol–water partition coefficient (Wildman–Crippen LogP) is 6.02. The Hall–Kier alpha value is -2.31. The van der Waals surface area contributed by atoms with E-state index < -0.39 is 5.97 Å². The molecular weight excluding hydrogens is 390 g/mol. The van der Waals surface area contributed by atoms with E-state index in [4.69, 9.17) is 9.47 Å². The van der Waals surface area contributed by atoms with Crippen LogP contribution in [0.2, 0.25) is 0 Å².